The van der Waals surface area contributed by atoms with Gasteiger partial charge in [0.1, 0.15) is 0 Å². The highest BCUT2D eigenvalue weighted by Gasteiger charge is 2.36. The molecule has 3 rings (SSSR count). The maximum atomic E-state index is 5.37. The molecule has 0 radical (unpaired) electrons. The summed E-state index contributed by atoms with van der Waals surface area (Å²) in [6, 6.07) is 0. The fraction of sp³-hybridized carbons (Fsp3) is 0.833. The molecule has 0 amide bonds. The third-order valence-electron chi connectivity index (χ3n) is 4.01. The first-order valence-corrected chi connectivity index (χ1v) is 5.90. The zero-order valence-corrected chi connectivity index (χ0v) is 8.69. The summed E-state index contributed by atoms with van der Waals surface area (Å²) in [4.78, 5) is 2.59. The predicted molar refractivity (Wildman–Crippen MR) is 56.1 cm³/mol. The van der Waals surface area contributed by atoms with Gasteiger partial charge in [0.15, 0.2) is 0 Å². The van der Waals surface area contributed by atoms with E-state index in [2.05, 4.69) is 17.1 Å². The van der Waals surface area contributed by atoms with Crippen molar-refractivity contribution in [3.8, 4) is 0 Å². The van der Waals surface area contributed by atoms with Crippen LogP contribution in [0.3, 0.4) is 0 Å². The first kappa shape index (κ1) is 8.93. The van der Waals surface area contributed by atoms with Gasteiger partial charge in [-0.1, -0.05) is 12.2 Å². The summed E-state index contributed by atoms with van der Waals surface area (Å²) in [6.07, 6.45) is 7.77. The lowest BCUT2D eigenvalue weighted by Crippen LogP contribution is -2.40. The Labute approximate surface area is 85.9 Å². The van der Waals surface area contributed by atoms with E-state index in [-0.39, 0.29) is 0 Å². The monoisotopic (exact) mass is 193 g/mol. The summed E-state index contributed by atoms with van der Waals surface area (Å²) in [5.74, 6) is 2.77. The maximum Gasteiger partial charge on any atom is 0.0594 e. The van der Waals surface area contributed by atoms with Crippen molar-refractivity contribution < 1.29 is 4.74 Å². The van der Waals surface area contributed by atoms with Crippen LogP contribution in [0.4, 0.5) is 0 Å². The van der Waals surface area contributed by atoms with Crippen LogP contribution < -0.4 is 0 Å². The number of nitrogens with zero attached hydrogens (tertiary/aromatic N) is 1. The van der Waals surface area contributed by atoms with Gasteiger partial charge in [0, 0.05) is 19.6 Å². The number of rotatable bonds is 2. The Hall–Kier alpha value is -0.340. The number of allylic oxidation sites excluding steroid dienone is 2. The number of ether oxygens (including phenoxy) is 1. The second-order valence-electron chi connectivity index (χ2n) is 4.95. The van der Waals surface area contributed by atoms with E-state index in [4.69, 9.17) is 4.74 Å². The summed E-state index contributed by atoms with van der Waals surface area (Å²) in [5, 5.41) is 0. The Balaban J connectivity index is 1.54. The molecule has 0 aromatic rings. The Morgan fingerprint density at radius 1 is 1.14 bits per heavy atom. The molecule has 1 saturated heterocycles. The molecule has 3 aliphatic rings. The van der Waals surface area contributed by atoms with Gasteiger partial charge in [0.05, 0.1) is 13.2 Å². The van der Waals surface area contributed by atoms with Gasteiger partial charge in [-0.3, -0.25) is 4.90 Å². The second-order valence-corrected chi connectivity index (χ2v) is 4.95. The van der Waals surface area contributed by atoms with Crippen LogP contribution in [0.15, 0.2) is 12.2 Å². The standard InChI is InChI=1S/C12H19NO/c1-2-11-7-10(1)8-12(11)9-13-3-5-14-6-4-13/h1-2,10-12H,3-9H2/t10-,11-,12+/m0/s1. The summed E-state index contributed by atoms with van der Waals surface area (Å²) in [7, 11) is 0. The first-order valence-electron chi connectivity index (χ1n) is 5.90. The Morgan fingerprint density at radius 2 is 2.00 bits per heavy atom. The van der Waals surface area contributed by atoms with E-state index in [0.717, 1.165) is 44.1 Å². The smallest absolute Gasteiger partial charge is 0.0594 e. The molecule has 2 fully saturated rings. The molecule has 0 aromatic heterocycles. The van der Waals surface area contributed by atoms with Crippen LogP contribution in [0, 0.1) is 17.8 Å². The van der Waals surface area contributed by atoms with Crippen LogP contribution in [-0.4, -0.2) is 37.7 Å². The molecule has 2 nitrogen and oxygen atoms in total. The number of hydrogen-bond donors (Lipinski definition) is 0. The SMILES string of the molecule is C1=C[C@H]2C[C@H]1C[C@@H]2CN1CCOCC1. The summed E-state index contributed by atoms with van der Waals surface area (Å²) in [6.45, 7) is 5.50. The average molecular weight is 193 g/mol. The quantitative estimate of drug-likeness (QED) is 0.617. The van der Waals surface area contributed by atoms with Gasteiger partial charge >= 0.3 is 0 Å². The van der Waals surface area contributed by atoms with E-state index in [1.807, 2.05) is 0 Å². The van der Waals surface area contributed by atoms with Gasteiger partial charge in [-0.2, -0.15) is 0 Å². The van der Waals surface area contributed by atoms with Crippen molar-refractivity contribution >= 4 is 0 Å². The molecule has 14 heavy (non-hydrogen) atoms. The molecule has 1 saturated carbocycles. The number of morpholine rings is 1. The maximum absolute atomic E-state index is 5.37. The minimum atomic E-state index is 0.905. The lowest BCUT2D eigenvalue weighted by atomic mass is 9.93. The molecule has 0 unspecified atom stereocenters. The zero-order valence-electron chi connectivity index (χ0n) is 8.69. The van der Waals surface area contributed by atoms with Crippen LogP contribution in [0.5, 0.6) is 0 Å². The third-order valence-corrected chi connectivity index (χ3v) is 4.01. The normalized spacial score (nSPS) is 42.1. The van der Waals surface area contributed by atoms with Crippen molar-refractivity contribution in [2.24, 2.45) is 17.8 Å². The minimum Gasteiger partial charge on any atom is -0.379 e. The van der Waals surface area contributed by atoms with E-state index < -0.39 is 0 Å². The van der Waals surface area contributed by atoms with E-state index in [0.29, 0.717) is 0 Å². The predicted octanol–water partition coefficient (Wildman–Crippen LogP) is 1.53. The molecule has 0 aromatic carbocycles. The van der Waals surface area contributed by atoms with E-state index in [1.54, 1.807) is 0 Å². The first-order chi connectivity index (χ1) is 6.92. The van der Waals surface area contributed by atoms with Crippen LogP contribution in [0.1, 0.15) is 12.8 Å². The lowest BCUT2D eigenvalue weighted by molar-refractivity contribution is 0.0288. The van der Waals surface area contributed by atoms with Crippen molar-refractivity contribution in [3.63, 3.8) is 0 Å². The molecule has 2 heteroatoms. The van der Waals surface area contributed by atoms with Crippen molar-refractivity contribution in [2.45, 2.75) is 12.8 Å². The molecular formula is C12H19NO. The molecule has 1 heterocycles. The lowest BCUT2D eigenvalue weighted by Gasteiger charge is -2.31. The van der Waals surface area contributed by atoms with Gasteiger partial charge in [-0.05, 0) is 30.6 Å². The third kappa shape index (κ3) is 1.61. The molecule has 78 valence electrons. The van der Waals surface area contributed by atoms with Crippen molar-refractivity contribution in [1.82, 2.24) is 4.90 Å². The molecule has 0 spiro atoms. The van der Waals surface area contributed by atoms with Crippen LogP contribution >= 0.6 is 0 Å². The fourth-order valence-corrected chi connectivity index (χ4v) is 3.22. The highest BCUT2D eigenvalue weighted by atomic mass is 16.5. The van der Waals surface area contributed by atoms with Gasteiger partial charge in [0.25, 0.3) is 0 Å². The summed E-state index contributed by atoms with van der Waals surface area (Å²) >= 11 is 0. The minimum absolute atomic E-state index is 0.905. The summed E-state index contributed by atoms with van der Waals surface area (Å²) in [5.41, 5.74) is 0. The number of fused-ring (bicyclic) bond motifs is 2. The fourth-order valence-electron chi connectivity index (χ4n) is 3.22. The summed E-state index contributed by atoms with van der Waals surface area (Å²) < 4.78 is 5.37. The Bertz CT molecular complexity index is 232. The van der Waals surface area contributed by atoms with Crippen LogP contribution in [0.2, 0.25) is 0 Å². The van der Waals surface area contributed by atoms with E-state index >= 15 is 0 Å². The van der Waals surface area contributed by atoms with Crippen LogP contribution in [-0.2, 0) is 4.74 Å². The molecule has 2 aliphatic carbocycles. The zero-order chi connectivity index (χ0) is 9.38. The second kappa shape index (κ2) is 3.67. The average Bonchev–Trinajstić information content (AvgIpc) is 2.81. The van der Waals surface area contributed by atoms with Crippen LogP contribution in [0.25, 0.3) is 0 Å². The Kier molecular flexibility index (Phi) is 2.34. The topological polar surface area (TPSA) is 12.5 Å². The molecule has 2 bridgehead atoms. The highest BCUT2D eigenvalue weighted by Crippen LogP contribution is 2.43. The van der Waals surface area contributed by atoms with Gasteiger partial charge in [-0.15, -0.1) is 0 Å². The molecule has 0 N–H and O–H groups in total. The van der Waals surface area contributed by atoms with Gasteiger partial charge in [0.2, 0.25) is 0 Å². The largest absolute Gasteiger partial charge is 0.379 e. The molecular weight excluding hydrogens is 174 g/mol. The molecule has 1 aliphatic heterocycles. The van der Waals surface area contributed by atoms with Crippen molar-refractivity contribution in [2.75, 3.05) is 32.8 Å². The van der Waals surface area contributed by atoms with Crippen molar-refractivity contribution in [3.05, 3.63) is 12.2 Å². The van der Waals surface area contributed by atoms with Gasteiger partial charge < -0.3 is 4.74 Å². The van der Waals surface area contributed by atoms with E-state index in [1.165, 1.54) is 19.4 Å². The van der Waals surface area contributed by atoms with E-state index in [9.17, 15) is 0 Å². The van der Waals surface area contributed by atoms with Gasteiger partial charge in [-0.25, -0.2) is 0 Å². The molecule has 3 atom stereocenters. The highest BCUT2D eigenvalue weighted by molar-refractivity contribution is 5.10. The van der Waals surface area contributed by atoms with Crippen molar-refractivity contribution in [1.29, 1.82) is 0 Å². The Morgan fingerprint density at radius 3 is 2.64 bits per heavy atom. The number of hydrogen-bond acceptors (Lipinski definition) is 2.